The zero-order valence-electron chi connectivity index (χ0n) is 9.65. The van der Waals surface area contributed by atoms with Crippen molar-refractivity contribution in [1.82, 2.24) is 0 Å². The molecule has 94 valence electrons. The number of aliphatic hydroxyl groups is 1. The third-order valence-electron chi connectivity index (χ3n) is 2.45. The molecule has 1 aromatic rings. The highest BCUT2D eigenvalue weighted by atomic mass is 16.7. The highest BCUT2D eigenvalue weighted by Crippen LogP contribution is 2.22. The van der Waals surface area contributed by atoms with Gasteiger partial charge in [-0.2, -0.15) is 0 Å². The molecule has 0 aromatic heterocycles. The van der Waals surface area contributed by atoms with Crippen LogP contribution in [0.4, 0.5) is 0 Å². The Labute approximate surface area is 98.9 Å². The van der Waals surface area contributed by atoms with E-state index < -0.39 is 23.4 Å². The van der Waals surface area contributed by atoms with Gasteiger partial charge in [-0.05, 0) is 5.56 Å². The molecule has 2 unspecified atom stereocenters. The van der Waals surface area contributed by atoms with Gasteiger partial charge in [-0.3, -0.25) is 10.1 Å². The van der Waals surface area contributed by atoms with Crippen LogP contribution in [-0.2, 0) is 9.47 Å². The molecule has 0 spiro atoms. The maximum Gasteiger partial charge on any atom is 0.292 e. The van der Waals surface area contributed by atoms with Crippen molar-refractivity contribution in [3.63, 3.8) is 0 Å². The second-order valence-electron chi connectivity index (χ2n) is 3.47. The molecule has 0 aliphatic rings. The monoisotopic (exact) mass is 241 g/mol. The van der Waals surface area contributed by atoms with Crippen molar-refractivity contribution in [1.29, 1.82) is 0 Å². The van der Waals surface area contributed by atoms with Gasteiger partial charge in [-0.25, -0.2) is 0 Å². The van der Waals surface area contributed by atoms with Crippen molar-refractivity contribution in [2.45, 2.75) is 18.4 Å². The van der Waals surface area contributed by atoms with Crippen LogP contribution in [0, 0.1) is 10.1 Å². The SMILES string of the molecule is COC(OC)C(C(O)c1ccccc1)[N+](=O)[O-]. The molecule has 1 N–H and O–H groups in total. The summed E-state index contributed by atoms with van der Waals surface area (Å²) in [7, 11) is 2.59. The molecule has 1 aromatic carbocycles. The van der Waals surface area contributed by atoms with Crippen LogP contribution in [0.1, 0.15) is 11.7 Å². The van der Waals surface area contributed by atoms with Crippen LogP contribution in [0.3, 0.4) is 0 Å². The molecule has 0 aliphatic heterocycles. The van der Waals surface area contributed by atoms with Gasteiger partial charge in [0.2, 0.25) is 6.29 Å². The molecule has 0 bridgehead atoms. The number of ether oxygens (including phenoxy) is 2. The van der Waals surface area contributed by atoms with E-state index in [1.807, 2.05) is 0 Å². The van der Waals surface area contributed by atoms with Gasteiger partial charge in [0.05, 0.1) is 0 Å². The summed E-state index contributed by atoms with van der Waals surface area (Å²) in [4.78, 5) is 10.4. The fraction of sp³-hybridized carbons (Fsp3) is 0.455. The van der Waals surface area contributed by atoms with E-state index >= 15 is 0 Å². The van der Waals surface area contributed by atoms with Crippen molar-refractivity contribution < 1.29 is 19.5 Å². The van der Waals surface area contributed by atoms with Gasteiger partial charge in [-0.15, -0.1) is 0 Å². The molecular weight excluding hydrogens is 226 g/mol. The molecule has 0 saturated carbocycles. The third kappa shape index (κ3) is 3.23. The molecule has 2 atom stereocenters. The summed E-state index contributed by atoms with van der Waals surface area (Å²) in [5, 5.41) is 20.9. The second kappa shape index (κ2) is 6.29. The van der Waals surface area contributed by atoms with Gasteiger partial charge < -0.3 is 14.6 Å². The third-order valence-corrected chi connectivity index (χ3v) is 2.45. The zero-order chi connectivity index (χ0) is 12.8. The standard InChI is InChI=1S/C11H15NO5/c1-16-11(17-2)9(12(14)15)10(13)8-6-4-3-5-7-8/h3-7,9-11,13H,1-2H3. The minimum Gasteiger partial charge on any atom is -0.381 e. The van der Waals surface area contributed by atoms with Crippen LogP contribution in [-0.4, -0.2) is 36.6 Å². The molecule has 0 fully saturated rings. The lowest BCUT2D eigenvalue weighted by molar-refractivity contribution is -0.561. The zero-order valence-corrected chi connectivity index (χ0v) is 9.65. The van der Waals surface area contributed by atoms with Crippen LogP contribution in [0.25, 0.3) is 0 Å². The lowest BCUT2D eigenvalue weighted by Crippen LogP contribution is -2.41. The Morgan fingerprint density at radius 1 is 1.24 bits per heavy atom. The molecule has 6 nitrogen and oxygen atoms in total. The number of aliphatic hydroxyl groups excluding tert-OH is 1. The van der Waals surface area contributed by atoms with Crippen LogP contribution in [0.2, 0.25) is 0 Å². The summed E-state index contributed by atoms with van der Waals surface area (Å²) in [6.45, 7) is 0. The average molecular weight is 241 g/mol. The number of rotatable bonds is 6. The van der Waals surface area contributed by atoms with E-state index in [1.165, 1.54) is 14.2 Å². The molecule has 0 saturated heterocycles. The summed E-state index contributed by atoms with van der Waals surface area (Å²) < 4.78 is 9.68. The largest absolute Gasteiger partial charge is 0.381 e. The molecule has 17 heavy (non-hydrogen) atoms. The van der Waals surface area contributed by atoms with E-state index in [9.17, 15) is 15.2 Å². The normalized spacial score (nSPS) is 14.6. The van der Waals surface area contributed by atoms with Crippen molar-refractivity contribution in [3.05, 3.63) is 46.0 Å². The fourth-order valence-corrected chi connectivity index (χ4v) is 1.59. The van der Waals surface area contributed by atoms with Crippen LogP contribution in [0.5, 0.6) is 0 Å². The van der Waals surface area contributed by atoms with E-state index in [-0.39, 0.29) is 0 Å². The van der Waals surface area contributed by atoms with Crippen molar-refractivity contribution in [3.8, 4) is 0 Å². The number of hydrogen-bond acceptors (Lipinski definition) is 5. The summed E-state index contributed by atoms with van der Waals surface area (Å²) in [5.74, 6) is 0. The molecule has 1 rings (SSSR count). The maximum atomic E-state index is 11.0. The average Bonchev–Trinajstić information content (AvgIpc) is 2.35. The Kier molecular flexibility index (Phi) is 5.02. The number of benzene rings is 1. The highest BCUT2D eigenvalue weighted by molar-refractivity contribution is 5.18. The van der Waals surface area contributed by atoms with Gasteiger partial charge in [0.25, 0.3) is 6.04 Å². The van der Waals surface area contributed by atoms with Gasteiger partial charge >= 0.3 is 0 Å². The molecular formula is C11H15NO5. The first-order valence-corrected chi connectivity index (χ1v) is 5.04. The van der Waals surface area contributed by atoms with E-state index in [0.29, 0.717) is 5.56 Å². The van der Waals surface area contributed by atoms with Crippen LogP contribution >= 0.6 is 0 Å². The fourth-order valence-electron chi connectivity index (χ4n) is 1.59. The van der Waals surface area contributed by atoms with E-state index in [4.69, 9.17) is 9.47 Å². The lowest BCUT2D eigenvalue weighted by atomic mass is 10.0. The maximum absolute atomic E-state index is 11.0. The van der Waals surface area contributed by atoms with Crippen molar-refractivity contribution in [2.75, 3.05) is 14.2 Å². The predicted molar refractivity (Wildman–Crippen MR) is 60.0 cm³/mol. The molecule has 0 amide bonds. The van der Waals surface area contributed by atoms with E-state index in [0.717, 1.165) is 0 Å². The molecule has 0 radical (unpaired) electrons. The van der Waals surface area contributed by atoms with Crippen LogP contribution < -0.4 is 0 Å². The number of hydrogen-bond donors (Lipinski definition) is 1. The lowest BCUT2D eigenvalue weighted by Gasteiger charge is -2.22. The van der Waals surface area contributed by atoms with Gasteiger partial charge in [0, 0.05) is 19.1 Å². The second-order valence-corrected chi connectivity index (χ2v) is 3.47. The quantitative estimate of drug-likeness (QED) is 0.456. The Bertz CT molecular complexity index is 352. The van der Waals surface area contributed by atoms with E-state index in [2.05, 4.69) is 0 Å². The Morgan fingerprint density at radius 3 is 2.18 bits per heavy atom. The first-order chi connectivity index (χ1) is 8.11. The van der Waals surface area contributed by atoms with E-state index in [1.54, 1.807) is 30.3 Å². The van der Waals surface area contributed by atoms with Gasteiger partial charge in [0.15, 0.2) is 6.10 Å². The number of methoxy groups -OCH3 is 2. The first kappa shape index (κ1) is 13.6. The highest BCUT2D eigenvalue weighted by Gasteiger charge is 2.39. The Hall–Kier alpha value is -1.50. The Balaban J connectivity index is 2.95. The minimum atomic E-state index is -1.37. The van der Waals surface area contributed by atoms with Gasteiger partial charge in [0.1, 0.15) is 0 Å². The van der Waals surface area contributed by atoms with Crippen molar-refractivity contribution in [2.24, 2.45) is 0 Å². The molecule has 6 heteroatoms. The predicted octanol–water partition coefficient (Wildman–Crippen LogP) is 0.984. The number of nitrogens with zero attached hydrogens (tertiary/aromatic N) is 1. The summed E-state index contributed by atoms with van der Waals surface area (Å²) >= 11 is 0. The van der Waals surface area contributed by atoms with Crippen molar-refractivity contribution >= 4 is 0 Å². The molecule has 0 aliphatic carbocycles. The minimum absolute atomic E-state index is 0.452. The Morgan fingerprint density at radius 2 is 1.76 bits per heavy atom. The summed E-state index contributed by atoms with van der Waals surface area (Å²) in [5.41, 5.74) is 0.452. The van der Waals surface area contributed by atoms with Gasteiger partial charge in [-0.1, -0.05) is 30.3 Å². The topological polar surface area (TPSA) is 81.8 Å². The summed E-state index contributed by atoms with van der Waals surface area (Å²) in [6.07, 6.45) is -2.38. The summed E-state index contributed by atoms with van der Waals surface area (Å²) in [6, 6.07) is 7.02. The smallest absolute Gasteiger partial charge is 0.292 e. The first-order valence-electron chi connectivity index (χ1n) is 5.04. The number of nitro groups is 1. The van der Waals surface area contributed by atoms with Crippen LogP contribution in [0.15, 0.2) is 30.3 Å². The molecule has 0 heterocycles.